The average Bonchev–Trinajstić information content (AvgIpc) is 2.97. The van der Waals surface area contributed by atoms with Crippen LogP contribution in [0.4, 0.5) is 0 Å². The lowest BCUT2D eigenvalue weighted by atomic mass is 10.1. The van der Waals surface area contributed by atoms with Crippen LogP contribution in [0.1, 0.15) is 23.0 Å². The van der Waals surface area contributed by atoms with Crippen molar-refractivity contribution in [1.29, 1.82) is 0 Å². The largest absolute Gasteiger partial charge is 0.340 e. The minimum Gasteiger partial charge on any atom is -0.340 e. The highest BCUT2D eigenvalue weighted by atomic mass is 32.1. The third kappa shape index (κ3) is 3.11. The number of carbonyl (C=O) groups is 2. The number of rotatable bonds is 3. The van der Waals surface area contributed by atoms with E-state index in [1.807, 2.05) is 35.7 Å². The van der Waals surface area contributed by atoms with Crippen molar-refractivity contribution in [1.82, 2.24) is 15.2 Å². The molecule has 1 saturated heterocycles. The second-order valence-corrected chi connectivity index (χ2v) is 5.83. The van der Waals surface area contributed by atoms with Gasteiger partial charge in [-0.3, -0.25) is 9.59 Å². The molecule has 1 aromatic heterocycles. The lowest BCUT2D eigenvalue weighted by Crippen LogP contribution is -2.38. The Morgan fingerprint density at radius 1 is 1.29 bits per heavy atom. The number of thiazole rings is 1. The van der Waals surface area contributed by atoms with Gasteiger partial charge < -0.3 is 10.2 Å². The molecule has 1 unspecified atom stereocenters. The first kappa shape index (κ1) is 13.8. The Labute approximate surface area is 126 Å². The van der Waals surface area contributed by atoms with Crippen LogP contribution in [0.25, 0.3) is 0 Å². The number of aromatic nitrogens is 1. The summed E-state index contributed by atoms with van der Waals surface area (Å²) in [5.74, 6) is -0.180. The Kier molecular flexibility index (Phi) is 3.96. The van der Waals surface area contributed by atoms with Gasteiger partial charge in [0.2, 0.25) is 11.8 Å². The second-order valence-electron chi connectivity index (χ2n) is 4.85. The molecule has 1 atom stereocenters. The summed E-state index contributed by atoms with van der Waals surface area (Å²) < 4.78 is 0. The van der Waals surface area contributed by atoms with Crippen molar-refractivity contribution in [3.05, 3.63) is 52.5 Å². The summed E-state index contributed by atoms with van der Waals surface area (Å²) in [5.41, 5.74) is 0.807. The van der Waals surface area contributed by atoms with Crippen molar-refractivity contribution in [2.75, 3.05) is 6.54 Å². The number of hydrogen-bond donors (Lipinski definition) is 1. The highest BCUT2D eigenvalue weighted by Gasteiger charge is 2.31. The number of benzene rings is 1. The van der Waals surface area contributed by atoms with Crippen LogP contribution in [0.5, 0.6) is 0 Å². The van der Waals surface area contributed by atoms with E-state index in [4.69, 9.17) is 0 Å². The molecule has 2 heterocycles. The quantitative estimate of drug-likeness (QED) is 0.939. The van der Waals surface area contributed by atoms with Crippen molar-refractivity contribution in [3.63, 3.8) is 0 Å². The number of nitrogens with one attached hydrogen (secondary N) is 1. The molecule has 0 saturated carbocycles. The van der Waals surface area contributed by atoms with Crippen molar-refractivity contribution in [3.8, 4) is 0 Å². The van der Waals surface area contributed by atoms with E-state index < -0.39 is 6.04 Å². The fraction of sp³-hybridized carbons (Fsp3) is 0.267. The van der Waals surface area contributed by atoms with Crippen molar-refractivity contribution in [2.45, 2.75) is 19.0 Å². The minimum atomic E-state index is -0.610. The van der Waals surface area contributed by atoms with Gasteiger partial charge in [-0.15, -0.1) is 11.3 Å². The molecular formula is C15H15N3O2S. The zero-order valence-electron chi connectivity index (χ0n) is 11.4. The Bertz CT molecular complexity index is 628. The van der Waals surface area contributed by atoms with Gasteiger partial charge in [0.25, 0.3) is 0 Å². The topological polar surface area (TPSA) is 62.3 Å². The molecule has 6 heteroatoms. The van der Waals surface area contributed by atoms with Crippen molar-refractivity contribution < 1.29 is 9.59 Å². The molecule has 2 aromatic rings. The summed E-state index contributed by atoms with van der Waals surface area (Å²) in [6, 6.07) is 8.72. The maximum atomic E-state index is 12.7. The van der Waals surface area contributed by atoms with Crippen molar-refractivity contribution >= 4 is 23.2 Å². The normalized spacial score (nSPS) is 19.2. The monoisotopic (exact) mass is 301 g/mol. The third-order valence-electron chi connectivity index (χ3n) is 3.42. The van der Waals surface area contributed by atoms with Crippen LogP contribution in [-0.4, -0.2) is 28.2 Å². The molecule has 2 amide bonds. The molecule has 5 nitrogen and oxygen atoms in total. The number of nitrogens with zero attached hydrogens (tertiary/aromatic N) is 2. The third-order valence-corrected chi connectivity index (χ3v) is 4.18. The first-order valence-corrected chi connectivity index (χ1v) is 7.63. The molecule has 1 aromatic carbocycles. The first-order valence-electron chi connectivity index (χ1n) is 6.75. The summed E-state index contributed by atoms with van der Waals surface area (Å²) in [6.07, 6.45) is 2.04. The second kappa shape index (κ2) is 6.05. The lowest BCUT2D eigenvalue weighted by molar-refractivity contribution is -0.134. The van der Waals surface area contributed by atoms with E-state index in [0.29, 0.717) is 19.5 Å². The van der Waals surface area contributed by atoms with Gasteiger partial charge in [0, 0.05) is 24.5 Å². The molecular weight excluding hydrogens is 286 g/mol. The summed E-state index contributed by atoms with van der Waals surface area (Å²) in [4.78, 5) is 30.5. The highest BCUT2D eigenvalue weighted by molar-refractivity contribution is 7.09. The summed E-state index contributed by atoms with van der Waals surface area (Å²) in [6.45, 7) is 0.877. The van der Waals surface area contributed by atoms with Crippen molar-refractivity contribution in [2.24, 2.45) is 0 Å². The predicted octanol–water partition coefficient (Wildman–Crippen LogP) is 1.73. The molecule has 0 bridgehead atoms. The standard InChI is InChI=1S/C15H15N3O2S/c19-12-6-8-18(10-13-16-7-9-21-13)15(20)14(17-12)11-4-2-1-3-5-11/h1-5,7,9,14H,6,8,10H2,(H,17,19). The van der Waals surface area contributed by atoms with E-state index in [0.717, 1.165) is 10.6 Å². The van der Waals surface area contributed by atoms with Crippen LogP contribution < -0.4 is 5.32 Å². The first-order chi connectivity index (χ1) is 10.2. The Hall–Kier alpha value is -2.21. The van der Waals surface area contributed by atoms with Gasteiger partial charge in [0.1, 0.15) is 11.0 Å². The van der Waals surface area contributed by atoms with E-state index in [-0.39, 0.29) is 11.8 Å². The molecule has 0 aliphatic carbocycles. The zero-order valence-corrected chi connectivity index (χ0v) is 12.2. The Morgan fingerprint density at radius 3 is 2.81 bits per heavy atom. The minimum absolute atomic E-state index is 0.0812. The van der Waals surface area contributed by atoms with Gasteiger partial charge in [-0.05, 0) is 5.56 Å². The number of amides is 2. The molecule has 21 heavy (non-hydrogen) atoms. The van der Waals surface area contributed by atoms with Crippen LogP contribution in [0.3, 0.4) is 0 Å². The predicted molar refractivity (Wildman–Crippen MR) is 79.5 cm³/mol. The zero-order chi connectivity index (χ0) is 14.7. The van der Waals surface area contributed by atoms with Crippen LogP contribution >= 0.6 is 11.3 Å². The smallest absolute Gasteiger partial charge is 0.250 e. The van der Waals surface area contributed by atoms with Gasteiger partial charge in [0.05, 0.1) is 6.54 Å². The van der Waals surface area contributed by atoms with Crippen LogP contribution in [0, 0.1) is 0 Å². The highest BCUT2D eigenvalue weighted by Crippen LogP contribution is 2.20. The summed E-state index contributed by atoms with van der Waals surface area (Å²) in [5, 5.41) is 5.57. The molecule has 3 rings (SSSR count). The Balaban J connectivity index is 1.85. The van der Waals surface area contributed by atoms with Gasteiger partial charge in [-0.1, -0.05) is 30.3 Å². The molecule has 1 aliphatic heterocycles. The maximum absolute atomic E-state index is 12.7. The molecule has 1 N–H and O–H groups in total. The molecule has 1 fully saturated rings. The molecule has 0 radical (unpaired) electrons. The summed E-state index contributed by atoms with van der Waals surface area (Å²) in [7, 11) is 0. The van der Waals surface area contributed by atoms with E-state index >= 15 is 0 Å². The fourth-order valence-electron chi connectivity index (χ4n) is 2.35. The van der Waals surface area contributed by atoms with Crippen LogP contribution in [-0.2, 0) is 16.1 Å². The Morgan fingerprint density at radius 2 is 2.10 bits per heavy atom. The SMILES string of the molecule is O=C1CCN(Cc2nccs2)C(=O)C(c2ccccc2)N1. The number of hydrogen-bond acceptors (Lipinski definition) is 4. The van der Waals surface area contributed by atoms with E-state index in [2.05, 4.69) is 10.3 Å². The van der Waals surface area contributed by atoms with Crippen LogP contribution in [0.2, 0.25) is 0 Å². The maximum Gasteiger partial charge on any atom is 0.250 e. The molecule has 0 spiro atoms. The summed E-state index contributed by atoms with van der Waals surface area (Å²) >= 11 is 1.51. The molecule has 108 valence electrons. The lowest BCUT2D eigenvalue weighted by Gasteiger charge is -2.23. The van der Waals surface area contributed by atoms with Crippen LogP contribution in [0.15, 0.2) is 41.9 Å². The van der Waals surface area contributed by atoms with Gasteiger partial charge in [-0.2, -0.15) is 0 Å². The van der Waals surface area contributed by atoms with E-state index in [1.54, 1.807) is 11.1 Å². The van der Waals surface area contributed by atoms with Gasteiger partial charge in [-0.25, -0.2) is 4.98 Å². The number of carbonyl (C=O) groups excluding carboxylic acids is 2. The van der Waals surface area contributed by atoms with E-state index in [9.17, 15) is 9.59 Å². The fourth-order valence-corrected chi connectivity index (χ4v) is 2.98. The van der Waals surface area contributed by atoms with Gasteiger partial charge in [0.15, 0.2) is 0 Å². The van der Waals surface area contributed by atoms with Gasteiger partial charge >= 0.3 is 0 Å². The molecule has 1 aliphatic rings. The average molecular weight is 301 g/mol. The van der Waals surface area contributed by atoms with E-state index in [1.165, 1.54) is 11.3 Å².